The molecule has 0 bridgehead atoms. The van der Waals surface area contributed by atoms with Crippen molar-refractivity contribution in [3.8, 4) is 6.07 Å². The molecule has 1 aliphatic heterocycles. The minimum absolute atomic E-state index is 0.510. The summed E-state index contributed by atoms with van der Waals surface area (Å²) in [5.74, 6) is 0. The molecular weight excluding hydrogens is 242 g/mol. The zero-order chi connectivity index (χ0) is 12.8. The van der Waals surface area contributed by atoms with Crippen LogP contribution in [0.5, 0.6) is 0 Å². The molecule has 1 N–H and O–H groups in total. The largest absolute Gasteiger partial charge is 0.308 e. The van der Waals surface area contributed by atoms with Crippen LogP contribution >= 0.6 is 11.3 Å². The first kappa shape index (κ1) is 13.5. The highest BCUT2D eigenvalue weighted by Crippen LogP contribution is 2.14. The summed E-state index contributed by atoms with van der Waals surface area (Å²) in [6, 6.07) is 4.66. The summed E-state index contributed by atoms with van der Waals surface area (Å²) in [5, 5.41) is 14.2. The van der Waals surface area contributed by atoms with E-state index in [0.29, 0.717) is 6.04 Å². The van der Waals surface area contributed by atoms with Crippen LogP contribution in [0, 0.1) is 11.3 Å². The number of nitrogens with zero attached hydrogens (tertiary/aromatic N) is 2. The van der Waals surface area contributed by atoms with Crippen molar-refractivity contribution in [2.75, 3.05) is 19.6 Å². The van der Waals surface area contributed by atoms with Crippen molar-refractivity contribution in [1.82, 2.24) is 10.2 Å². The van der Waals surface area contributed by atoms with Gasteiger partial charge < -0.3 is 10.2 Å². The maximum absolute atomic E-state index is 8.77. The van der Waals surface area contributed by atoms with Crippen molar-refractivity contribution in [2.24, 2.45) is 0 Å². The second kappa shape index (κ2) is 6.89. The second-order valence-electron chi connectivity index (χ2n) is 5.06. The summed E-state index contributed by atoms with van der Waals surface area (Å²) in [4.78, 5) is 3.80. The van der Waals surface area contributed by atoms with Crippen molar-refractivity contribution in [2.45, 2.75) is 38.8 Å². The summed E-state index contributed by atoms with van der Waals surface area (Å²) in [7, 11) is 0. The Kier molecular flexibility index (Phi) is 5.18. The van der Waals surface area contributed by atoms with Gasteiger partial charge in [-0.2, -0.15) is 5.26 Å². The van der Waals surface area contributed by atoms with E-state index < -0.39 is 0 Å². The van der Waals surface area contributed by atoms with Gasteiger partial charge in [0, 0.05) is 29.4 Å². The number of thiophene rings is 1. The fourth-order valence-electron chi connectivity index (χ4n) is 2.40. The second-order valence-corrected chi connectivity index (χ2v) is 6.05. The molecule has 0 saturated carbocycles. The molecule has 18 heavy (non-hydrogen) atoms. The zero-order valence-electron chi connectivity index (χ0n) is 11.0. The van der Waals surface area contributed by atoms with Crippen LogP contribution in [0.4, 0.5) is 0 Å². The van der Waals surface area contributed by atoms with Crippen LogP contribution in [0.25, 0.3) is 0 Å². The van der Waals surface area contributed by atoms with E-state index in [1.54, 1.807) is 11.3 Å². The summed E-state index contributed by atoms with van der Waals surface area (Å²) < 4.78 is 0. The van der Waals surface area contributed by atoms with Gasteiger partial charge in [-0.15, -0.1) is 11.3 Å². The van der Waals surface area contributed by atoms with Gasteiger partial charge in [0.15, 0.2) is 0 Å². The highest BCUT2D eigenvalue weighted by molar-refractivity contribution is 7.10. The zero-order valence-corrected chi connectivity index (χ0v) is 11.8. The normalized spacial score (nSPS) is 18.4. The van der Waals surface area contributed by atoms with E-state index >= 15 is 0 Å². The van der Waals surface area contributed by atoms with Crippen molar-refractivity contribution < 1.29 is 0 Å². The van der Waals surface area contributed by atoms with E-state index in [1.807, 2.05) is 11.4 Å². The number of piperidine rings is 1. The Morgan fingerprint density at radius 3 is 2.89 bits per heavy atom. The molecule has 98 valence electrons. The lowest BCUT2D eigenvalue weighted by molar-refractivity contribution is 0.209. The summed E-state index contributed by atoms with van der Waals surface area (Å²) in [6.45, 7) is 6.76. The van der Waals surface area contributed by atoms with E-state index in [9.17, 15) is 0 Å². The van der Waals surface area contributed by atoms with Crippen LogP contribution in [0.15, 0.2) is 11.4 Å². The van der Waals surface area contributed by atoms with Crippen LogP contribution < -0.4 is 5.32 Å². The SMILES string of the molecule is CC(CN1CCCCC1)NCc1cc(C#N)cs1. The van der Waals surface area contributed by atoms with Gasteiger partial charge in [-0.25, -0.2) is 0 Å². The Bertz CT molecular complexity index is 401. The maximum atomic E-state index is 8.77. The monoisotopic (exact) mass is 263 g/mol. The summed E-state index contributed by atoms with van der Waals surface area (Å²) in [5.41, 5.74) is 0.778. The minimum atomic E-state index is 0.510. The predicted octanol–water partition coefficient (Wildman–Crippen LogP) is 2.58. The third-order valence-corrected chi connectivity index (χ3v) is 4.33. The predicted molar refractivity (Wildman–Crippen MR) is 75.6 cm³/mol. The van der Waals surface area contributed by atoms with Crippen LogP contribution in [-0.4, -0.2) is 30.6 Å². The molecule has 0 aliphatic carbocycles. The Labute approximate surface area is 113 Å². The van der Waals surface area contributed by atoms with Gasteiger partial charge >= 0.3 is 0 Å². The lowest BCUT2D eigenvalue weighted by Crippen LogP contribution is -2.41. The number of hydrogen-bond acceptors (Lipinski definition) is 4. The Morgan fingerprint density at radius 2 is 2.22 bits per heavy atom. The van der Waals surface area contributed by atoms with Crippen molar-refractivity contribution >= 4 is 11.3 Å². The van der Waals surface area contributed by atoms with Gasteiger partial charge in [0.1, 0.15) is 6.07 Å². The van der Waals surface area contributed by atoms with Gasteiger partial charge in [0.05, 0.1) is 5.56 Å². The molecule has 4 heteroatoms. The van der Waals surface area contributed by atoms with E-state index in [0.717, 1.165) is 18.7 Å². The Hall–Kier alpha value is -0.890. The summed E-state index contributed by atoms with van der Waals surface area (Å²) >= 11 is 1.66. The van der Waals surface area contributed by atoms with Gasteiger partial charge in [-0.1, -0.05) is 6.42 Å². The average molecular weight is 263 g/mol. The van der Waals surface area contributed by atoms with Gasteiger partial charge in [0.2, 0.25) is 0 Å². The van der Waals surface area contributed by atoms with Crippen molar-refractivity contribution in [1.29, 1.82) is 5.26 Å². The smallest absolute Gasteiger partial charge is 0.100 e. The molecule has 1 aromatic heterocycles. The van der Waals surface area contributed by atoms with E-state index in [-0.39, 0.29) is 0 Å². The summed E-state index contributed by atoms with van der Waals surface area (Å²) in [6.07, 6.45) is 4.09. The first-order valence-electron chi connectivity index (χ1n) is 6.71. The molecule has 1 aromatic rings. The highest BCUT2D eigenvalue weighted by Gasteiger charge is 2.13. The molecule has 1 unspecified atom stereocenters. The molecule has 0 amide bonds. The Morgan fingerprint density at radius 1 is 1.44 bits per heavy atom. The van der Waals surface area contributed by atoms with Crippen LogP contribution in [0.2, 0.25) is 0 Å². The molecule has 3 nitrogen and oxygen atoms in total. The molecule has 2 heterocycles. The maximum Gasteiger partial charge on any atom is 0.100 e. The van der Waals surface area contributed by atoms with Crippen molar-refractivity contribution in [3.05, 3.63) is 21.9 Å². The topological polar surface area (TPSA) is 39.1 Å². The van der Waals surface area contributed by atoms with E-state index in [4.69, 9.17) is 5.26 Å². The molecule has 0 aromatic carbocycles. The fraction of sp³-hybridized carbons (Fsp3) is 0.643. The lowest BCUT2D eigenvalue weighted by atomic mass is 10.1. The molecule has 1 aliphatic rings. The molecule has 1 saturated heterocycles. The fourth-order valence-corrected chi connectivity index (χ4v) is 3.16. The first-order valence-corrected chi connectivity index (χ1v) is 7.59. The van der Waals surface area contributed by atoms with Gasteiger partial charge in [-0.3, -0.25) is 0 Å². The number of nitriles is 1. The number of likely N-dealkylation sites (tertiary alicyclic amines) is 1. The molecular formula is C14H21N3S. The standard InChI is InChI=1S/C14H21N3S/c1-12(10-17-5-3-2-4-6-17)16-9-14-7-13(8-15)11-18-14/h7,11-12,16H,2-6,9-10H2,1H3. The molecule has 2 rings (SSSR count). The van der Waals surface area contributed by atoms with E-state index in [1.165, 1.54) is 37.2 Å². The molecule has 0 spiro atoms. The van der Waals surface area contributed by atoms with Crippen molar-refractivity contribution in [3.63, 3.8) is 0 Å². The molecule has 0 radical (unpaired) electrons. The van der Waals surface area contributed by atoms with Gasteiger partial charge in [0.25, 0.3) is 0 Å². The van der Waals surface area contributed by atoms with Crippen LogP contribution in [0.3, 0.4) is 0 Å². The Balaban J connectivity index is 1.70. The number of hydrogen-bond donors (Lipinski definition) is 1. The first-order chi connectivity index (χ1) is 8.78. The number of nitrogens with one attached hydrogen (secondary N) is 1. The quantitative estimate of drug-likeness (QED) is 0.887. The molecule has 1 atom stereocenters. The van der Waals surface area contributed by atoms with Crippen LogP contribution in [-0.2, 0) is 6.54 Å². The average Bonchev–Trinajstić information content (AvgIpc) is 2.85. The number of rotatable bonds is 5. The van der Waals surface area contributed by atoms with E-state index in [2.05, 4.69) is 23.2 Å². The third-order valence-electron chi connectivity index (χ3n) is 3.39. The lowest BCUT2D eigenvalue weighted by Gasteiger charge is -2.29. The van der Waals surface area contributed by atoms with Gasteiger partial charge in [-0.05, 0) is 38.9 Å². The van der Waals surface area contributed by atoms with Crippen LogP contribution in [0.1, 0.15) is 36.6 Å². The molecule has 1 fully saturated rings. The highest BCUT2D eigenvalue weighted by atomic mass is 32.1. The minimum Gasteiger partial charge on any atom is -0.308 e. The third kappa shape index (κ3) is 4.09.